The topological polar surface area (TPSA) is 225 Å². The minimum absolute atomic E-state index is 0.148. The molecule has 15 nitrogen and oxygen atoms in total. The normalized spacial score (nSPS) is 15.9. The SMILES string of the molecule is CC/C=C/C=C/C=C\C=C/CCCCCC(=O)OCC(O)COP(=O)(O)OCC(O)COP(=O)(O)OCC(O)COC(=O)CCCCCCCCC/C=C\CCCCCC. The lowest BCUT2D eigenvalue weighted by Crippen LogP contribution is -2.25. The lowest BCUT2D eigenvalue weighted by molar-refractivity contribution is -0.148. The van der Waals surface area contributed by atoms with Crippen LogP contribution in [0, 0.1) is 0 Å². The van der Waals surface area contributed by atoms with E-state index in [2.05, 4.69) is 50.2 Å². The van der Waals surface area contributed by atoms with Crippen LogP contribution in [0.5, 0.6) is 0 Å². The number of phosphoric ester groups is 2. The highest BCUT2D eigenvalue weighted by Gasteiger charge is 2.28. The molecule has 0 aromatic heterocycles. The third-order valence-corrected chi connectivity index (χ3v) is 10.5. The van der Waals surface area contributed by atoms with Crippen molar-refractivity contribution in [1.82, 2.24) is 0 Å². The molecule has 0 heterocycles. The molecule has 0 fully saturated rings. The number of aliphatic hydroxyl groups is 3. The number of esters is 2. The summed E-state index contributed by atoms with van der Waals surface area (Å²) in [6, 6.07) is 0. The van der Waals surface area contributed by atoms with Gasteiger partial charge in [0.2, 0.25) is 0 Å². The van der Waals surface area contributed by atoms with E-state index in [4.69, 9.17) is 9.47 Å². The van der Waals surface area contributed by atoms with Gasteiger partial charge >= 0.3 is 27.6 Å². The first-order valence-corrected chi connectivity index (χ1v) is 24.7. The van der Waals surface area contributed by atoms with Gasteiger partial charge in [-0.2, -0.15) is 0 Å². The second kappa shape index (κ2) is 39.6. The number of carbonyl (C=O) groups is 2. The van der Waals surface area contributed by atoms with E-state index >= 15 is 0 Å². The summed E-state index contributed by atoms with van der Waals surface area (Å²) < 4.78 is 52.8. The molecule has 0 aliphatic heterocycles. The Morgan fingerprint density at radius 2 is 0.783 bits per heavy atom. The van der Waals surface area contributed by atoms with Crippen molar-refractivity contribution in [2.24, 2.45) is 0 Å². The van der Waals surface area contributed by atoms with Gasteiger partial charge in [-0.25, -0.2) is 9.13 Å². The van der Waals surface area contributed by atoms with Crippen LogP contribution in [0.3, 0.4) is 0 Å². The van der Waals surface area contributed by atoms with E-state index in [9.17, 15) is 43.8 Å². The lowest BCUT2D eigenvalue weighted by atomic mass is 10.1. The molecule has 0 saturated heterocycles. The molecule has 348 valence electrons. The summed E-state index contributed by atoms with van der Waals surface area (Å²) in [5.41, 5.74) is 0. The van der Waals surface area contributed by atoms with Gasteiger partial charge in [0.1, 0.15) is 31.5 Å². The molecule has 5 N–H and O–H groups in total. The van der Waals surface area contributed by atoms with Crippen LogP contribution in [-0.4, -0.2) is 95.0 Å². The molecule has 5 unspecified atom stereocenters. The van der Waals surface area contributed by atoms with Crippen molar-refractivity contribution in [3.8, 4) is 0 Å². The van der Waals surface area contributed by atoms with Crippen LogP contribution in [0.25, 0.3) is 0 Å². The van der Waals surface area contributed by atoms with Crippen molar-refractivity contribution in [2.75, 3.05) is 39.6 Å². The van der Waals surface area contributed by atoms with Crippen LogP contribution >= 0.6 is 15.6 Å². The van der Waals surface area contributed by atoms with E-state index < -0.39 is 85.5 Å². The molecule has 17 heteroatoms. The molecule has 0 bridgehead atoms. The second-order valence-corrected chi connectivity index (χ2v) is 17.3. The van der Waals surface area contributed by atoms with E-state index in [0.717, 1.165) is 57.8 Å². The molecule has 0 aliphatic carbocycles. The Labute approximate surface area is 359 Å². The van der Waals surface area contributed by atoms with E-state index in [1.165, 1.54) is 44.9 Å². The smallest absolute Gasteiger partial charge is 0.463 e. The van der Waals surface area contributed by atoms with Crippen LogP contribution in [0.2, 0.25) is 0 Å². The monoisotopic (exact) mass is 894 g/mol. The third kappa shape index (κ3) is 41.1. The van der Waals surface area contributed by atoms with E-state index in [1.807, 2.05) is 42.5 Å². The molecular weight excluding hydrogens is 818 g/mol. The Balaban J connectivity index is 3.97. The first kappa shape index (κ1) is 57.7. The van der Waals surface area contributed by atoms with Crippen molar-refractivity contribution >= 4 is 27.6 Å². The summed E-state index contributed by atoms with van der Waals surface area (Å²) in [5, 5.41) is 29.9. The third-order valence-electron chi connectivity index (χ3n) is 8.55. The Kier molecular flexibility index (Phi) is 38.1. The number of unbranched alkanes of at least 4 members (excludes halogenated alkanes) is 14. The van der Waals surface area contributed by atoms with E-state index in [1.54, 1.807) is 0 Å². The van der Waals surface area contributed by atoms with Gasteiger partial charge in [0.05, 0.1) is 26.4 Å². The Bertz CT molecular complexity index is 1320. The molecule has 0 aliphatic rings. The number of carbonyl (C=O) groups excluding carboxylic acids is 2. The number of aliphatic hydroxyl groups excluding tert-OH is 3. The number of phosphoric acid groups is 2. The van der Waals surface area contributed by atoms with Gasteiger partial charge in [0.25, 0.3) is 0 Å². The average Bonchev–Trinajstić information content (AvgIpc) is 3.22. The fraction of sp³-hybridized carbons (Fsp3) is 0.721. The maximum atomic E-state index is 12.1. The fourth-order valence-electron chi connectivity index (χ4n) is 5.16. The second-order valence-electron chi connectivity index (χ2n) is 14.4. The Morgan fingerprint density at radius 3 is 1.22 bits per heavy atom. The van der Waals surface area contributed by atoms with Gasteiger partial charge < -0.3 is 34.6 Å². The van der Waals surface area contributed by atoms with Gasteiger partial charge in [0.15, 0.2) is 0 Å². The highest BCUT2D eigenvalue weighted by Crippen LogP contribution is 2.45. The van der Waals surface area contributed by atoms with Crippen molar-refractivity contribution in [1.29, 1.82) is 0 Å². The summed E-state index contributed by atoms with van der Waals surface area (Å²) in [4.78, 5) is 43.6. The average molecular weight is 895 g/mol. The quantitative estimate of drug-likeness (QED) is 0.0127. The predicted molar refractivity (Wildman–Crippen MR) is 233 cm³/mol. The largest absolute Gasteiger partial charge is 0.472 e. The van der Waals surface area contributed by atoms with Gasteiger partial charge in [-0.05, 0) is 57.8 Å². The Morgan fingerprint density at radius 1 is 0.450 bits per heavy atom. The van der Waals surface area contributed by atoms with Crippen molar-refractivity contribution in [2.45, 2.75) is 161 Å². The lowest BCUT2D eigenvalue weighted by Gasteiger charge is -2.19. The summed E-state index contributed by atoms with van der Waals surface area (Å²) in [6.07, 6.45) is 35.1. The minimum atomic E-state index is -4.79. The number of hydrogen-bond donors (Lipinski definition) is 5. The molecule has 0 radical (unpaired) electrons. The molecule has 5 atom stereocenters. The fourth-order valence-corrected chi connectivity index (χ4v) is 6.75. The van der Waals surface area contributed by atoms with Crippen molar-refractivity contribution in [3.05, 3.63) is 60.8 Å². The highest BCUT2D eigenvalue weighted by atomic mass is 31.2. The molecule has 60 heavy (non-hydrogen) atoms. The van der Waals surface area contributed by atoms with E-state index in [0.29, 0.717) is 12.8 Å². The number of rotatable bonds is 41. The Hall–Kier alpha value is -2.26. The number of allylic oxidation sites excluding steroid dienone is 10. The summed E-state index contributed by atoms with van der Waals surface area (Å²) in [7, 11) is -9.58. The first-order chi connectivity index (χ1) is 28.8. The van der Waals surface area contributed by atoms with Crippen LogP contribution in [0.15, 0.2) is 60.8 Å². The van der Waals surface area contributed by atoms with Gasteiger partial charge in [-0.1, -0.05) is 132 Å². The maximum Gasteiger partial charge on any atom is 0.472 e. The molecule has 0 aromatic carbocycles. The zero-order valence-electron chi connectivity index (χ0n) is 36.1. The highest BCUT2D eigenvalue weighted by molar-refractivity contribution is 7.47. The summed E-state index contributed by atoms with van der Waals surface area (Å²) in [5.74, 6) is -1.04. The molecule has 0 saturated carbocycles. The van der Waals surface area contributed by atoms with E-state index in [-0.39, 0.29) is 12.8 Å². The minimum Gasteiger partial charge on any atom is -0.463 e. The predicted octanol–water partition coefficient (Wildman–Crippen LogP) is 9.05. The molecular formula is C43H76O15P2. The molecule has 0 aromatic rings. The van der Waals surface area contributed by atoms with Gasteiger partial charge in [0, 0.05) is 12.8 Å². The maximum absolute atomic E-state index is 12.1. The molecule has 0 spiro atoms. The van der Waals surface area contributed by atoms with Gasteiger partial charge in [-0.15, -0.1) is 0 Å². The van der Waals surface area contributed by atoms with Crippen LogP contribution < -0.4 is 0 Å². The molecule has 0 rings (SSSR count). The van der Waals surface area contributed by atoms with Crippen molar-refractivity contribution < 1.29 is 71.4 Å². The summed E-state index contributed by atoms with van der Waals surface area (Å²) in [6.45, 7) is 0.182. The van der Waals surface area contributed by atoms with Crippen LogP contribution in [0.1, 0.15) is 142 Å². The van der Waals surface area contributed by atoms with Crippen LogP contribution in [0.4, 0.5) is 0 Å². The zero-order valence-corrected chi connectivity index (χ0v) is 37.9. The number of ether oxygens (including phenoxy) is 2. The van der Waals surface area contributed by atoms with Crippen molar-refractivity contribution in [3.63, 3.8) is 0 Å². The zero-order chi connectivity index (χ0) is 44.6. The van der Waals surface area contributed by atoms with Gasteiger partial charge in [-0.3, -0.25) is 27.7 Å². The standard InChI is InChI=1S/C43H76O15P2/c1-3-5-7-9-11-13-15-17-18-20-22-24-26-28-30-32-43(48)54-34-40(45)36-56-60(51,52)58-38-41(46)37-57-59(49,50)55-35-39(44)33-53-42(47)31-29-27-25-23-21-19-16-14-12-10-8-6-4-2/h6,8,10,12-16,19,21,39-41,44-46H,3-5,7,9,11,17-18,20,22-38H2,1-2H3,(H,49,50)(H,51,52)/b8-6+,12-10+,15-13-,16-14-,21-19-. The number of hydrogen-bond acceptors (Lipinski definition) is 13. The van der Waals surface area contributed by atoms with Crippen LogP contribution in [-0.2, 0) is 46.3 Å². The molecule has 0 amide bonds. The first-order valence-electron chi connectivity index (χ1n) is 21.7. The summed E-state index contributed by atoms with van der Waals surface area (Å²) >= 11 is 0.